The first-order chi connectivity index (χ1) is 9.49. The van der Waals surface area contributed by atoms with Crippen molar-refractivity contribution in [2.45, 2.75) is 66.0 Å². The minimum atomic E-state index is 0.338. The molecule has 2 N–H and O–H groups in total. The van der Waals surface area contributed by atoms with Crippen LogP contribution in [0.15, 0.2) is 18.2 Å². The van der Waals surface area contributed by atoms with E-state index in [0.717, 1.165) is 6.54 Å². The summed E-state index contributed by atoms with van der Waals surface area (Å²) < 4.78 is 0. The summed E-state index contributed by atoms with van der Waals surface area (Å²) in [5, 5.41) is 0. The first kappa shape index (κ1) is 17.2. The second-order valence-corrected chi connectivity index (χ2v) is 6.21. The number of hydrogen-bond donors (Lipinski definition) is 1. The van der Waals surface area contributed by atoms with E-state index in [9.17, 15) is 0 Å². The molecule has 1 aromatic rings. The Kier molecular flexibility index (Phi) is 7.25. The van der Waals surface area contributed by atoms with Crippen LogP contribution in [0.5, 0.6) is 0 Å². The molecule has 2 heteroatoms. The number of hydrogen-bond acceptors (Lipinski definition) is 2. The largest absolute Gasteiger partial charge is 0.329 e. The standard InChI is InChI=1S/C18H32N2/c1-6-7-8-9-20(14(2)3)18(13-19)17-11-15(4)10-16(5)12-17/h10-12,14,18H,6-9,13,19H2,1-5H3. The topological polar surface area (TPSA) is 29.3 Å². The highest BCUT2D eigenvalue weighted by atomic mass is 15.2. The zero-order chi connectivity index (χ0) is 15.1. The Morgan fingerprint density at radius 2 is 1.65 bits per heavy atom. The molecule has 0 radical (unpaired) electrons. The zero-order valence-electron chi connectivity index (χ0n) is 13.9. The van der Waals surface area contributed by atoms with Gasteiger partial charge in [-0.05, 0) is 46.2 Å². The SMILES string of the molecule is CCCCCN(C(C)C)C(CN)c1cc(C)cc(C)c1. The van der Waals surface area contributed by atoms with Crippen molar-refractivity contribution < 1.29 is 0 Å². The molecule has 0 saturated carbocycles. The van der Waals surface area contributed by atoms with Crippen LogP contribution >= 0.6 is 0 Å². The van der Waals surface area contributed by atoms with Gasteiger partial charge in [0.2, 0.25) is 0 Å². The van der Waals surface area contributed by atoms with Crippen LogP contribution in [-0.2, 0) is 0 Å². The van der Waals surface area contributed by atoms with Gasteiger partial charge in [0.25, 0.3) is 0 Å². The molecule has 0 fully saturated rings. The predicted octanol–water partition coefficient (Wildman–Crippen LogP) is 4.20. The van der Waals surface area contributed by atoms with Crippen LogP contribution in [0.25, 0.3) is 0 Å². The lowest BCUT2D eigenvalue weighted by molar-refractivity contribution is 0.154. The molecule has 0 amide bonds. The average molecular weight is 276 g/mol. The van der Waals surface area contributed by atoms with Crippen molar-refractivity contribution in [3.8, 4) is 0 Å². The third-order valence-electron chi connectivity index (χ3n) is 3.94. The van der Waals surface area contributed by atoms with Crippen molar-refractivity contribution in [1.82, 2.24) is 4.90 Å². The van der Waals surface area contributed by atoms with Gasteiger partial charge >= 0.3 is 0 Å². The van der Waals surface area contributed by atoms with Gasteiger partial charge in [-0.2, -0.15) is 0 Å². The van der Waals surface area contributed by atoms with Crippen molar-refractivity contribution in [1.29, 1.82) is 0 Å². The molecule has 0 aliphatic heterocycles. The molecule has 0 heterocycles. The molecule has 20 heavy (non-hydrogen) atoms. The highest BCUT2D eigenvalue weighted by Gasteiger charge is 2.21. The van der Waals surface area contributed by atoms with E-state index in [1.807, 2.05) is 0 Å². The van der Waals surface area contributed by atoms with Crippen LogP contribution in [0.3, 0.4) is 0 Å². The lowest BCUT2D eigenvalue weighted by Gasteiger charge is -2.35. The lowest BCUT2D eigenvalue weighted by atomic mass is 9.98. The van der Waals surface area contributed by atoms with Gasteiger partial charge in [0.05, 0.1) is 0 Å². The second-order valence-electron chi connectivity index (χ2n) is 6.21. The maximum atomic E-state index is 6.11. The normalized spacial score (nSPS) is 13.2. The van der Waals surface area contributed by atoms with Crippen molar-refractivity contribution in [2.24, 2.45) is 5.73 Å². The number of aryl methyl sites for hydroxylation is 2. The van der Waals surface area contributed by atoms with Gasteiger partial charge in [0, 0.05) is 18.6 Å². The summed E-state index contributed by atoms with van der Waals surface area (Å²) >= 11 is 0. The van der Waals surface area contributed by atoms with E-state index >= 15 is 0 Å². The Balaban J connectivity index is 2.93. The van der Waals surface area contributed by atoms with Gasteiger partial charge < -0.3 is 5.73 Å². The maximum absolute atomic E-state index is 6.11. The molecule has 1 aromatic carbocycles. The Labute approximate surface area is 125 Å². The molecule has 0 aliphatic rings. The van der Waals surface area contributed by atoms with Crippen LogP contribution < -0.4 is 5.73 Å². The molecule has 114 valence electrons. The average Bonchev–Trinajstić information content (AvgIpc) is 2.36. The van der Waals surface area contributed by atoms with Gasteiger partial charge in [-0.15, -0.1) is 0 Å². The lowest BCUT2D eigenvalue weighted by Crippen LogP contribution is -2.39. The molecule has 1 rings (SSSR count). The number of rotatable bonds is 8. The van der Waals surface area contributed by atoms with E-state index in [1.54, 1.807) is 0 Å². The van der Waals surface area contributed by atoms with Crippen molar-refractivity contribution in [3.05, 3.63) is 34.9 Å². The summed E-state index contributed by atoms with van der Waals surface area (Å²) in [5.74, 6) is 0. The Hall–Kier alpha value is -0.860. The van der Waals surface area contributed by atoms with Crippen LogP contribution in [-0.4, -0.2) is 24.0 Å². The van der Waals surface area contributed by atoms with E-state index in [0.29, 0.717) is 18.6 Å². The number of nitrogens with two attached hydrogens (primary N) is 1. The molecular formula is C18H32N2. The molecule has 0 bridgehead atoms. The van der Waals surface area contributed by atoms with E-state index < -0.39 is 0 Å². The maximum Gasteiger partial charge on any atom is 0.0473 e. The summed E-state index contributed by atoms with van der Waals surface area (Å²) in [6, 6.07) is 7.68. The molecular weight excluding hydrogens is 244 g/mol. The van der Waals surface area contributed by atoms with Crippen molar-refractivity contribution >= 4 is 0 Å². The van der Waals surface area contributed by atoms with Crippen molar-refractivity contribution in [3.63, 3.8) is 0 Å². The van der Waals surface area contributed by atoms with Crippen molar-refractivity contribution in [2.75, 3.05) is 13.1 Å². The summed E-state index contributed by atoms with van der Waals surface area (Å²) in [5.41, 5.74) is 10.1. The monoisotopic (exact) mass is 276 g/mol. The number of benzene rings is 1. The predicted molar refractivity (Wildman–Crippen MR) is 89.1 cm³/mol. The number of nitrogens with zero attached hydrogens (tertiary/aromatic N) is 1. The van der Waals surface area contributed by atoms with Crippen LogP contribution in [0.4, 0.5) is 0 Å². The third kappa shape index (κ3) is 4.92. The molecule has 0 saturated heterocycles. The van der Waals surface area contributed by atoms with Gasteiger partial charge in [-0.25, -0.2) is 0 Å². The molecule has 0 aromatic heterocycles. The van der Waals surface area contributed by atoms with E-state index in [4.69, 9.17) is 5.73 Å². The summed E-state index contributed by atoms with van der Waals surface area (Å²) in [6.45, 7) is 13.0. The molecule has 1 unspecified atom stereocenters. The molecule has 1 atom stereocenters. The third-order valence-corrected chi connectivity index (χ3v) is 3.94. The van der Waals surface area contributed by atoms with E-state index in [2.05, 4.69) is 57.7 Å². The first-order valence-electron chi connectivity index (χ1n) is 8.03. The highest BCUT2D eigenvalue weighted by Crippen LogP contribution is 2.24. The Morgan fingerprint density at radius 1 is 1.05 bits per heavy atom. The smallest absolute Gasteiger partial charge is 0.0473 e. The fourth-order valence-corrected chi connectivity index (χ4v) is 2.98. The van der Waals surface area contributed by atoms with Crippen LogP contribution in [0.2, 0.25) is 0 Å². The molecule has 0 spiro atoms. The quantitative estimate of drug-likeness (QED) is 0.721. The molecule has 0 aliphatic carbocycles. The van der Waals surface area contributed by atoms with Gasteiger partial charge in [0.1, 0.15) is 0 Å². The van der Waals surface area contributed by atoms with E-state index in [-0.39, 0.29) is 0 Å². The van der Waals surface area contributed by atoms with Gasteiger partial charge in [0.15, 0.2) is 0 Å². The van der Waals surface area contributed by atoms with Gasteiger partial charge in [-0.1, -0.05) is 49.1 Å². The summed E-state index contributed by atoms with van der Waals surface area (Å²) in [6.07, 6.45) is 3.83. The van der Waals surface area contributed by atoms with Crippen LogP contribution in [0.1, 0.15) is 62.8 Å². The van der Waals surface area contributed by atoms with E-state index in [1.165, 1.54) is 36.0 Å². The van der Waals surface area contributed by atoms with Crippen LogP contribution in [0, 0.1) is 13.8 Å². The van der Waals surface area contributed by atoms with Gasteiger partial charge in [-0.3, -0.25) is 4.90 Å². The zero-order valence-corrected chi connectivity index (χ0v) is 13.9. The number of unbranched alkanes of at least 4 members (excludes halogenated alkanes) is 2. The fraction of sp³-hybridized carbons (Fsp3) is 0.667. The molecule has 2 nitrogen and oxygen atoms in total. The first-order valence-corrected chi connectivity index (χ1v) is 8.03. The minimum absolute atomic E-state index is 0.338. The summed E-state index contributed by atoms with van der Waals surface area (Å²) in [4.78, 5) is 2.56. The highest BCUT2D eigenvalue weighted by molar-refractivity contribution is 5.31. The Morgan fingerprint density at radius 3 is 2.10 bits per heavy atom. The fourth-order valence-electron chi connectivity index (χ4n) is 2.98. The second kappa shape index (κ2) is 8.43. The minimum Gasteiger partial charge on any atom is -0.329 e. The summed E-state index contributed by atoms with van der Waals surface area (Å²) in [7, 11) is 0. The Bertz CT molecular complexity index is 378.